The van der Waals surface area contributed by atoms with Crippen molar-refractivity contribution in [2.45, 2.75) is 43.7 Å². The molecule has 9 nitrogen and oxygen atoms in total. The number of aliphatic hydroxyl groups is 1. The Hall–Kier alpha value is -4.61. The predicted molar refractivity (Wildman–Crippen MR) is 177 cm³/mol. The van der Waals surface area contributed by atoms with Crippen molar-refractivity contribution < 1.29 is 24.2 Å². The Balaban J connectivity index is 1.14. The van der Waals surface area contributed by atoms with E-state index in [9.17, 15) is 14.7 Å². The first-order valence-electron chi connectivity index (χ1n) is 15.5. The van der Waals surface area contributed by atoms with Gasteiger partial charge in [0, 0.05) is 24.3 Å². The van der Waals surface area contributed by atoms with Gasteiger partial charge in [-0.05, 0) is 52.1 Å². The standard InChI is InChI=1S/C37H34N4O5S/c1-23-32(21-47-37-39-38-22-40(37)2)45-36(46-33(23)26-15-13-24(20-42)14-16-26)29-10-6-9-28(18-29)27-8-5-7-25(17-27)19-41-34(43)30-11-3-4-12-31(30)35(41)44/h3-18,22-23,32-33,36,42H,19-21H2,1-2H3/t23-,32+,33+,36+/m0/s1. The molecule has 47 heavy (non-hydrogen) atoms. The average Bonchev–Trinajstić information content (AvgIpc) is 3.63. The molecule has 4 atom stereocenters. The molecule has 0 saturated carbocycles. The first-order valence-corrected chi connectivity index (χ1v) is 16.5. The van der Waals surface area contributed by atoms with Crippen LogP contribution in [-0.4, -0.2) is 48.4 Å². The third-order valence-corrected chi connectivity index (χ3v) is 9.93. The minimum Gasteiger partial charge on any atom is -0.392 e. The van der Waals surface area contributed by atoms with E-state index in [0.717, 1.165) is 38.5 Å². The fourth-order valence-corrected chi connectivity index (χ4v) is 7.20. The van der Waals surface area contributed by atoms with Crippen molar-refractivity contribution in [1.82, 2.24) is 19.7 Å². The minimum atomic E-state index is -0.625. The van der Waals surface area contributed by atoms with Gasteiger partial charge in [-0.3, -0.25) is 14.5 Å². The second-order valence-corrected chi connectivity index (χ2v) is 12.9. The minimum absolute atomic E-state index is 0.0175. The maximum atomic E-state index is 13.0. The van der Waals surface area contributed by atoms with Gasteiger partial charge in [-0.2, -0.15) is 0 Å². The van der Waals surface area contributed by atoms with Gasteiger partial charge in [0.2, 0.25) is 0 Å². The summed E-state index contributed by atoms with van der Waals surface area (Å²) in [5.41, 5.74) is 6.41. The number of carbonyl (C=O) groups is 2. The summed E-state index contributed by atoms with van der Waals surface area (Å²) in [6.45, 7) is 2.31. The van der Waals surface area contributed by atoms with E-state index in [1.807, 2.05) is 78.3 Å². The maximum Gasteiger partial charge on any atom is 0.261 e. The molecule has 1 saturated heterocycles. The van der Waals surface area contributed by atoms with Crippen molar-refractivity contribution in [2.75, 3.05) is 5.75 Å². The Morgan fingerprint density at radius 2 is 1.51 bits per heavy atom. The van der Waals surface area contributed by atoms with Gasteiger partial charge in [0.1, 0.15) is 6.33 Å². The highest BCUT2D eigenvalue weighted by atomic mass is 32.2. The third-order valence-electron chi connectivity index (χ3n) is 8.81. The summed E-state index contributed by atoms with van der Waals surface area (Å²) >= 11 is 1.60. The highest BCUT2D eigenvalue weighted by Gasteiger charge is 2.39. The molecule has 10 heteroatoms. The molecular weight excluding hydrogens is 612 g/mol. The van der Waals surface area contributed by atoms with Gasteiger partial charge in [-0.15, -0.1) is 10.2 Å². The molecule has 2 aliphatic rings. The van der Waals surface area contributed by atoms with Crippen LogP contribution in [0.15, 0.2) is 109 Å². The molecule has 1 aromatic heterocycles. The molecule has 5 aromatic rings. The molecular formula is C37H34N4O5S. The van der Waals surface area contributed by atoms with Gasteiger partial charge in [-0.1, -0.05) is 91.5 Å². The number of hydrogen-bond donors (Lipinski definition) is 1. The summed E-state index contributed by atoms with van der Waals surface area (Å²) in [5, 5.41) is 18.6. The number of benzene rings is 4. The molecule has 1 N–H and O–H groups in total. The normalized spacial score (nSPS) is 20.9. The summed E-state index contributed by atoms with van der Waals surface area (Å²) in [6.07, 6.45) is 0.675. The number of nitrogens with zero attached hydrogens (tertiary/aromatic N) is 4. The van der Waals surface area contributed by atoms with Gasteiger partial charge in [0.05, 0.1) is 36.5 Å². The monoisotopic (exact) mass is 646 g/mol. The van der Waals surface area contributed by atoms with Crippen molar-refractivity contribution in [1.29, 1.82) is 0 Å². The summed E-state index contributed by atoms with van der Waals surface area (Å²) in [5.74, 6) is 0.157. The lowest BCUT2D eigenvalue weighted by Crippen LogP contribution is -2.38. The smallest absolute Gasteiger partial charge is 0.261 e. The van der Waals surface area contributed by atoms with Crippen molar-refractivity contribution in [3.63, 3.8) is 0 Å². The molecule has 7 rings (SSSR count). The van der Waals surface area contributed by atoms with Gasteiger partial charge < -0.3 is 19.1 Å². The number of aromatic nitrogens is 3. The number of hydrogen-bond acceptors (Lipinski definition) is 8. The number of aryl methyl sites for hydroxylation is 1. The zero-order valence-electron chi connectivity index (χ0n) is 26.0. The lowest BCUT2D eigenvalue weighted by molar-refractivity contribution is -0.268. The molecule has 1 fully saturated rings. The van der Waals surface area contributed by atoms with Crippen LogP contribution in [0.2, 0.25) is 0 Å². The number of imide groups is 1. The Labute approximate surface area is 277 Å². The first kappa shape index (κ1) is 31.0. The van der Waals surface area contributed by atoms with Crippen LogP contribution in [0, 0.1) is 5.92 Å². The molecule has 3 heterocycles. The van der Waals surface area contributed by atoms with E-state index in [2.05, 4.69) is 23.2 Å². The lowest BCUT2D eigenvalue weighted by Gasteiger charge is -2.41. The Morgan fingerprint density at radius 1 is 0.809 bits per heavy atom. The highest BCUT2D eigenvalue weighted by molar-refractivity contribution is 7.99. The van der Waals surface area contributed by atoms with Gasteiger partial charge in [-0.25, -0.2) is 0 Å². The fourth-order valence-electron chi connectivity index (χ4n) is 6.15. The summed E-state index contributed by atoms with van der Waals surface area (Å²) in [7, 11) is 1.92. The molecule has 238 valence electrons. The molecule has 0 bridgehead atoms. The lowest BCUT2D eigenvalue weighted by atomic mass is 9.91. The van der Waals surface area contributed by atoms with E-state index in [-0.39, 0.29) is 43.1 Å². The summed E-state index contributed by atoms with van der Waals surface area (Å²) in [6, 6.07) is 30.8. The van der Waals surface area contributed by atoms with E-state index in [1.54, 1.807) is 42.4 Å². The number of aliphatic hydroxyl groups excluding tert-OH is 1. The van der Waals surface area contributed by atoms with Crippen molar-refractivity contribution in [2.24, 2.45) is 13.0 Å². The van der Waals surface area contributed by atoms with Gasteiger partial charge >= 0.3 is 0 Å². The van der Waals surface area contributed by atoms with Crippen LogP contribution in [0.4, 0.5) is 0 Å². The second-order valence-electron chi connectivity index (χ2n) is 11.9. The van der Waals surface area contributed by atoms with Crippen LogP contribution in [-0.2, 0) is 29.7 Å². The molecule has 0 unspecified atom stereocenters. The predicted octanol–water partition coefficient (Wildman–Crippen LogP) is 6.35. The Bertz CT molecular complexity index is 1890. The van der Waals surface area contributed by atoms with Gasteiger partial charge in [0.25, 0.3) is 11.8 Å². The molecule has 0 aliphatic carbocycles. The number of rotatable bonds is 9. The van der Waals surface area contributed by atoms with Crippen LogP contribution >= 0.6 is 11.8 Å². The van der Waals surface area contributed by atoms with E-state index >= 15 is 0 Å². The summed E-state index contributed by atoms with van der Waals surface area (Å²) in [4.78, 5) is 27.3. The van der Waals surface area contributed by atoms with Crippen LogP contribution in [0.25, 0.3) is 11.1 Å². The quantitative estimate of drug-likeness (QED) is 0.146. The largest absolute Gasteiger partial charge is 0.392 e. The van der Waals surface area contributed by atoms with Crippen molar-refractivity contribution >= 4 is 23.6 Å². The van der Waals surface area contributed by atoms with Crippen LogP contribution in [0.3, 0.4) is 0 Å². The van der Waals surface area contributed by atoms with Crippen LogP contribution < -0.4 is 0 Å². The first-order chi connectivity index (χ1) is 22.9. The molecule has 4 aromatic carbocycles. The van der Waals surface area contributed by atoms with Crippen LogP contribution in [0.5, 0.6) is 0 Å². The topological polar surface area (TPSA) is 107 Å². The van der Waals surface area contributed by atoms with E-state index in [4.69, 9.17) is 9.47 Å². The SMILES string of the molecule is C[C@H]1[C@@H](CSc2nncn2C)O[C@@H](c2cccc(-c3cccc(CN4C(=O)c5ccccc5C4=O)c3)c2)O[C@H]1c1ccc(CO)cc1. The van der Waals surface area contributed by atoms with E-state index < -0.39 is 6.29 Å². The van der Waals surface area contributed by atoms with Crippen molar-refractivity contribution in [3.05, 3.63) is 137 Å². The highest BCUT2D eigenvalue weighted by Crippen LogP contribution is 2.43. The molecule has 0 radical (unpaired) electrons. The van der Waals surface area contributed by atoms with Crippen molar-refractivity contribution in [3.8, 4) is 11.1 Å². The number of fused-ring (bicyclic) bond motifs is 1. The molecule has 2 aliphatic heterocycles. The molecule has 0 spiro atoms. The number of thioether (sulfide) groups is 1. The zero-order chi connectivity index (χ0) is 32.5. The second kappa shape index (κ2) is 13.2. The zero-order valence-corrected chi connectivity index (χ0v) is 26.8. The number of carbonyl (C=O) groups excluding carboxylic acids is 2. The maximum absolute atomic E-state index is 13.0. The fraction of sp³-hybridized carbons (Fsp3) is 0.243. The Morgan fingerprint density at radius 3 is 2.19 bits per heavy atom. The molecule has 2 amide bonds. The van der Waals surface area contributed by atoms with Crippen LogP contribution in [0.1, 0.15) is 62.3 Å². The van der Waals surface area contributed by atoms with E-state index in [0.29, 0.717) is 16.9 Å². The Kier molecular flexibility index (Phi) is 8.74. The number of amides is 2. The van der Waals surface area contributed by atoms with Gasteiger partial charge in [0.15, 0.2) is 11.4 Å². The number of ether oxygens (including phenoxy) is 2. The average molecular weight is 647 g/mol. The summed E-state index contributed by atoms with van der Waals surface area (Å²) < 4.78 is 15.2. The third kappa shape index (κ3) is 6.25. The van der Waals surface area contributed by atoms with E-state index in [1.165, 1.54) is 4.90 Å².